The quantitative estimate of drug-likeness (QED) is 0.566. The van der Waals surface area contributed by atoms with Gasteiger partial charge in [0.2, 0.25) is 0 Å². The second-order valence-electron chi connectivity index (χ2n) is 9.05. The summed E-state index contributed by atoms with van der Waals surface area (Å²) in [7, 11) is 1.60. The fourth-order valence-electron chi connectivity index (χ4n) is 5.02. The van der Waals surface area contributed by atoms with Crippen LogP contribution in [0.15, 0.2) is 60.2 Å². The van der Waals surface area contributed by atoms with E-state index in [0.29, 0.717) is 12.2 Å². The van der Waals surface area contributed by atoms with E-state index >= 15 is 0 Å². The molecular weight excluding hydrogens is 374 g/mol. The van der Waals surface area contributed by atoms with Crippen molar-refractivity contribution in [1.82, 2.24) is 0 Å². The Morgan fingerprint density at radius 3 is 2.67 bits per heavy atom. The molecule has 1 aliphatic heterocycles. The van der Waals surface area contributed by atoms with Crippen LogP contribution >= 0.6 is 0 Å². The fourth-order valence-corrected chi connectivity index (χ4v) is 5.02. The summed E-state index contributed by atoms with van der Waals surface area (Å²) in [5.41, 5.74) is 4.73. The predicted octanol–water partition coefficient (Wildman–Crippen LogP) is 5.86. The number of methoxy groups -OCH3 is 1. The minimum Gasteiger partial charge on any atom is -0.508 e. The Morgan fingerprint density at radius 2 is 1.87 bits per heavy atom. The van der Waals surface area contributed by atoms with E-state index in [-0.39, 0.29) is 23.0 Å². The molecule has 4 nitrogen and oxygen atoms in total. The molecule has 0 bridgehead atoms. The fraction of sp³-hybridized carbons (Fsp3) is 0.269. The molecule has 30 heavy (non-hydrogen) atoms. The lowest BCUT2D eigenvalue weighted by molar-refractivity contribution is -0.116. The number of benzene rings is 3. The van der Waals surface area contributed by atoms with Crippen LogP contribution in [0.4, 0.5) is 5.69 Å². The first-order chi connectivity index (χ1) is 14.4. The first-order valence-corrected chi connectivity index (χ1v) is 10.3. The number of aromatic hydroxyl groups is 1. The largest absolute Gasteiger partial charge is 0.508 e. The number of phenolic OH excluding ortho intramolecular Hbond substituents is 1. The van der Waals surface area contributed by atoms with E-state index in [9.17, 15) is 9.90 Å². The number of hydrogen-bond donors (Lipinski definition) is 2. The number of Topliss-reactive ketones (excluding diaryl/α,β-unsaturated/α-hetero) is 1. The van der Waals surface area contributed by atoms with Gasteiger partial charge in [-0.3, -0.25) is 4.79 Å². The maximum absolute atomic E-state index is 13.5. The first kappa shape index (κ1) is 18.7. The molecule has 0 aromatic heterocycles. The number of hydrogen-bond acceptors (Lipinski definition) is 4. The Bertz CT molecular complexity index is 1220. The number of carbonyl (C=O) groups excluding carboxylic acids is 1. The zero-order chi connectivity index (χ0) is 21.0. The molecule has 1 heterocycles. The van der Waals surface area contributed by atoms with Crippen LogP contribution in [0.25, 0.3) is 16.3 Å². The van der Waals surface area contributed by atoms with E-state index in [2.05, 4.69) is 43.4 Å². The normalized spacial score (nSPS) is 19.8. The van der Waals surface area contributed by atoms with Crippen molar-refractivity contribution in [2.45, 2.75) is 32.7 Å². The number of ether oxygens (including phenoxy) is 1. The lowest BCUT2D eigenvalue weighted by atomic mass is 9.67. The average Bonchev–Trinajstić information content (AvgIpc) is 2.72. The molecule has 1 aliphatic carbocycles. The van der Waals surface area contributed by atoms with Gasteiger partial charge >= 0.3 is 0 Å². The number of allylic oxidation sites excluding steroid dienone is 1. The monoisotopic (exact) mass is 399 g/mol. The minimum atomic E-state index is -0.187. The van der Waals surface area contributed by atoms with Crippen molar-refractivity contribution in [1.29, 1.82) is 0 Å². The summed E-state index contributed by atoms with van der Waals surface area (Å²) in [5, 5.41) is 15.8. The van der Waals surface area contributed by atoms with Gasteiger partial charge in [-0.2, -0.15) is 0 Å². The molecule has 0 amide bonds. The molecule has 0 saturated heterocycles. The van der Waals surface area contributed by atoms with E-state index in [0.717, 1.165) is 45.2 Å². The highest BCUT2D eigenvalue weighted by molar-refractivity contribution is 6.28. The Labute approximate surface area is 176 Å². The van der Waals surface area contributed by atoms with Crippen LogP contribution in [0.2, 0.25) is 0 Å². The first-order valence-electron chi connectivity index (χ1n) is 10.3. The van der Waals surface area contributed by atoms with Crippen molar-refractivity contribution >= 4 is 27.8 Å². The van der Waals surface area contributed by atoms with Crippen LogP contribution < -0.4 is 10.1 Å². The molecule has 5 rings (SSSR count). The van der Waals surface area contributed by atoms with E-state index in [1.807, 2.05) is 18.2 Å². The topological polar surface area (TPSA) is 58.6 Å². The molecule has 3 aromatic rings. The zero-order valence-corrected chi connectivity index (χ0v) is 17.5. The van der Waals surface area contributed by atoms with Gasteiger partial charge in [0, 0.05) is 34.9 Å². The Hall–Kier alpha value is -3.27. The van der Waals surface area contributed by atoms with E-state index in [1.54, 1.807) is 19.2 Å². The minimum absolute atomic E-state index is 0.109. The van der Waals surface area contributed by atoms with E-state index in [4.69, 9.17) is 4.74 Å². The summed E-state index contributed by atoms with van der Waals surface area (Å²) < 4.78 is 5.59. The number of rotatable bonds is 2. The second kappa shape index (κ2) is 6.63. The molecule has 2 aliphatic rings. The lowest BCUT2D eigenvalue weighted by Crippen LogP contribution is -2.32. The smallest absolute Gasteiger partial charge is 0.164 e. The molecule has 0 fully saturated rings. The van der Waals surface area contributed by atoms with Gasteiger partial charge in [0.05, 0.1) is 13.2 Å². The highest BCUT2D eigenvalue weighted by Crippen LogP contribution is 2.52. The van der Waals surface area contributed by atoms with E-state index < -0.39 is 0 Å². The van der Waals surface area contributed by atoms with Crippen molar-refractivity contribution < 1.29 is 14.6 Å². The lowest BCUT2D eigenvalue weighted by Gasteiger charge is -2.40. The molecule has 0 unspecified atom stereocenters. The molecule has 0 saturated carbocycles. The van der Waals surface area contributed by atoms with Crippen molar-refractivity contribution in [2.75, 3.05) is 12.4 Å². The number of fused-ring (bicyclic) bond motifs is 4. The second-order valence-corrected chi connectivity index (χ2v) is 9.05. The summed E-state index contributed by atoms with van der Waals surface area (Å²) in [4.78, 5) is 13.5. The standard InChI is InChI=1S/C26H25NO3/c1-26(2)13-19-24(21(29)14-26)23-17-7-5-4-6-15(17)8-11-20(23)27-25(19)18-10-9-16(28)12-22(18)30-3/h4-12,25,27-28H,13-14H2,1-3H3/t25-/m0/s1. The zero-order valence-electron chi connectivity index (χ0n) is 17.5. The number of anilines is 1. The molecule has 0 radical (unpaired) electrons. The number of carbonyl (C=O) groups is 1. The number of nitrogens with one attached hydrogen (secondary N) is 1. The molecular formula is C26H25NO3. The maximum atomic E-state index is 13.5. The third kappa shape index (κ3) is 2.86. The maximum Gasteiger partial charge on any atom is 0.164 e. The number of phenols is 1. The van der Waals surface area contributed by atoms with Gasteiger partial charge in [0.1, 0.15) is 11.5 Å². The van der Waals surface area contributed by atoms with Crippen molar-refractivity contribution in [2.24, 2.45) is 5.41 Å². The van der Waals surface area contributed by atoms with Gasteiger partial charge in [0.15, 0.2) is 5.78 Å². The van der Waals surface area contributed by atoms with Crippen LogP contribution in [0.1, 0.15) is 43.9 Å². The van der Waals surface area contributed by atoms with Gasteiger partial charge in [0.25, 0.3) is 0 Å². The van der Waals surface area contributed by atoms with Gasteiger partial charge in [-0.05, 0) is 46.4 Å². The van der Waals surface area contributed by atoms with Crippen molar-refractivity contribution in [3.8, 4) is 11.5 Å². The SMILES string of the molecule is COc1cc(O)ccc1[C@@H]1Nc2ccc3ccccc3c2C2=C1CC(C)(C)CC2=O. The van der Waals surface area contributed by atoms with Gasteiger partial charge < -0.3 is 15.2 Å². The van der Waals surface area contributed by atoms with Crippen molar-refractivity contribution in [3.05, 3.63) is 71.3 Å². The molecule has 2 N–H and O–H groups in total. The Kier molecular flexibility index (Phi) is 4.14. The molecule has 3 aromatic carbocycles. The van der Waals surface area contributed by atoms with E-state index in [1.165, 1.54) is 0 Å². The van der Waals surface area contributed by atoms with Crippen molar-refractivity contribution in [3.63, 3.8) is 0 Å². The summed E-state index contributed by atoms with van der Waals surface area (Å²) in [6, 6.07) is 17.4. The average molecular weight is 399 g/mol. The van der Waals surface area contributed by atoms with Crippen LogP contribution in [0, 0.1) is 5.41 Å². The third-order valence-corrected chi connectivity index (χ3v) is 6.26. The summed E-state index contributed by atoms with van der Waals surface area (Å²) in [5.74, 6) is 0.967. The van der Waals surface area contributed by atoms with Gasteiger partial charge in [-0.1, -0.05) is 44.2 Å². The highest BCUT2D eigenvalue weighted by atomic mass is 16.5. The van der Waals surface area contributed by atoms with Crippen LogP contribution in [-0.4, -0.2) is 18.0 Å². The summed E-state index contributed by atoms with van der Waals surface area (Å²) in [6.07, 6.45) is 1.35. The van der Waals surface area contributed by atoms with Crippen LogP contribution in [0.3, 0.4) is 0 Å². The molecule has 1 atom stereocenters. The molecule has 152 valence electrons. The molecule has 4 heteroatoms. The van der Waals surface area contributed by atoms with Gasteiger partial charge in [-0.25, -0.2) is 0 Å². The number of ketones is 1. The summed E-state index contributed by atoms with van der Waals surface area (Å²) >= 11 is 0. The Balaban J connectivity index is 1.81. The van der Waals surface area contributed by atoms with Gasteiger partial charge in [-0.15, -0.1) is 0 Å². The Morgan fingerprint density at radius 1 is 1.07 bits per heavy atom. The van der Waals surface area contributed by atoms with Crippen LogP contribution in [-0.2, 0) is 4.79 Å². The van der Waals surface area contributed by atoms with Crippen LogP contribution in [0.5, 0.6) is 11.5 Å². The summed E-state index contributed by atoms with van der Waals surface area (Å²) in [6.45, 7) is 4.30. The molecule has 0 spiro atoms. The highest BCUT2D eigenvalue weighted by Gasteiger charge is 2.41. The third-order valence-electron chi connectivity index (χ3n) is 6.26. The predicted molar refractivity (Wildman–Crippen MR) is 120 cm³/mol.